The molecular weight excluding hydrogens is 262 g/mol. The van der Waals surface area contributed by atoms with Crippen molar-refractivity contribution in [2.45, 2.75) is 12.0 Å². The van der Waals surface area contributed by atoms with Gasteiger partial charge in [-0.1, -0.05) is 18.2 Å². The van der Waals surface area contributed by atoms with Gasteiger partial charge in [0.05, 0.1) is 12.6 Å². The van der Waals surface area contributed by atoms with Crippen molar-refractivity contribution < 1.29 is 13.5 Å². The highest BCUT2D eigenvalue weighted by atomic mass is 19.1. The summed E-state index contributed by atoms with van der Waals surface area (Å²) in [7, 11) is 0. The van der Waals surface area contributed by atoms with Crippen LogP contribution in [0.25, 0.3) is 0 Å². The molecule has 0 radical (unpaired) electrons. The Bertz CT molecular complexity index is 613. The van der Waals surface area contributed by atoms with Crippen molar-refractivity contribution in [2.24, 2.45) is 5.84 Å². The summed E-state index contributed by atoms with van der Waals surface area (Å²) < 4.78 is 32.3. The van der Waals surface area contributed by atoms with Crippen LogP contribution < -0.4 is 16.0 Å². The zero-order valence-corrected chi connectivity index (χ0v) is 10.6. The second-order valence-electron chi connectivity index (χ2n) is 4.80. The quantitative estimate of drug-likeness (QED) is 0.669. The normalized spacial score (nSPS) is 18.4. The molecule has 2 aromatic carbocycles. The molecular formula is C15H14F2N2O. The van der Waals surface area contributed by atoms with Gasteiger partial charge in [-0.25, -0.2) is 8.78 Å². The molecule has 0 bridgehead atoms. The molecule has 0 amide bonds. The molecule has 0 spiro atoms. The molecule has 1 heterocycles. The van der Waals surface area contributed by atoms with Crippen molar-refractivity contribution in [3.05, 3.63) is 65.2 Å². The zero-order chi connectivity index (χ0) is 14.1. The fourth-order valence-corrected chi connectivity index (χ4v) is 2.66. The smallest absolute Gasteiger partial charge is 0.126 e. The van der Waals surface area contributed by atoms with Crippen molar-refractivity contribution in [2.75, 3.05) is 6.61 Å². The Hall–Kier alpha value is -1.98. The van der Waals surface area contributed by atoms with Gasteiger partial charge in [0.2, 0.25) is 0 Å². The Balaban J connectivity index is 1.99. The van der Waals surface area contributed by atoms with Crippen LogP contribution in [0.2, 0.25) is 0 Å². The number of hydrazine groups is 1. The van der Waals surface area contributed by atoms with E-state index >= 15 is 0 Å². The second-order valence-corrected chi connectivity index (χ2v) is 4.80. The van der Waals surface area contributed by atoms with E-state index in [1.807, 2.05) is 24.3 Å². The molecule has 2 atom stereocenters. The SMILES string of the molecule is NNC(c1cc(F)cc(F)c1)C1COc2ccccc21. The monoisotopic (exact) mass is 276 g/mol. The van der Waals surface area contributed by atoms with Crippen LogP contribution in [0.15, 0.2) is 42.5 Å². The second kappa shape index (κ2) is 5.19. The van der Waals surface area contributed by atoms with Gasteiger partial charge in [-0.3, -0.25) is 11.3 Å². The van der Waals surface area contributed by atoms with E-state index in [0.29, 0.717) is 12.2 Å². The van der Waals surface area contributed by atoms with Gasteiger partial charge >= 0.3 is 0 Å². The van der Waals surface area contributed by atoms with Crippen LogP contribution >= 0.6 is 0 Å². The van der Waals surface area contributed by atoms with Gasteiger partial charge in [-0.15, -0.1) is 0 Å². The van der Waals surface area contributed by atoms with Gasteiger partial charge < -0.3 is 4.74 Å². The molecule has 5 heteroatoms. The van der Waals surface area contributed by atoms with E-state index in [1.54, 1.807) is 0 Å². The third kappa shape index (κ3) is 2.26. The summed E-state index contributed by atoms with van der Waals surface area (Å²) in [4.78, 5) is 0. The number of halogens is 2. The number of nitrogens with one attached hydrogen (secondary N) is 1. The Labute approximate surface area is 115 Å². The predicted molar refractivity (Wildman–Crippen MR) is 71.1 cm³/mol. The summed E-state index contributed by atoms with van der Waals surface area (Å²) in [6.45, 7) is 0.423. The Kier molecular flexibility index (Phi) is 3.38. The number of benzene rings is 2. The summed E-state index contributed by atoms with van der Waals surface area (Å²) in [5, 5.41) is 0. The molecule has 0 saturated carbocycles. The topological polar surface area (TPSA) is 47.3 Å². The Morgan fingerprint density at radius 1 is 1.15 bits per heavy atom. The summed E-state index contributed by atoms with van der Waals surface area (Å²) >= 11 is 0. The number of hydrogen-bond acceptors (Lipinski definition) is 3. The van der Waals surface area contributed by atoms with Crippen LogP contribution in [0.3, 0.4) is 0 Å². The first kappa shape index (κ1) is 13.0. The van der Waals surface area contributed by atoms with E-state index in [0.717, 1.165) is 17.4 Å². The van der Waals surface area contributed by atoms with Gasteiger partial charge in [0.1, 0.15) is 17.4 Å². The minimum Gasteiger partial charge on any atom is -0.493 e. The molecule has 104 valence electrons. The van der Waals surface area contributed by atoms with Crippen molar-refractivity contribution in [3.8, 4) is 5.75 Å². The molecule has 0 saturated heterocycles. The molecule has 1 aliphatic heterocycles. The molecule has 1 aliphatic rings. The lowest BCUT2D eigenvalue weighted by atomic mass is 9.89. The number of ether oxygens (including phenoxy) is 1. The molecule has 0 aliphatic carbocycles. The molecule has 3 N–H and O–H groups in total. The predicted octanol–water partition coefficient (Wildman–Crippen LogP) is 2.65. The third-order valence-corrected chi connectivity index (χ3v) is 3.56. The number of hydrogen-bond donors (Lipinski definition) is 2. The van der Waals surface area contributed by atoms with Gasteiger partial charge in [0.15, 0.2) is 0 Å². The number of nitrogens with two attached hydrogens (primary N) is 1. The maximum absolute atomic E-state index is 13.4. The molecule has 3 nitrogen and oxygen atoms in total. The highest BCUT2D eigenvalue weighted by Crippen LogP contribution is 2.40. The lowest BCUT2D eigenvalue weighted by Gasteiger charge is -2.22. The largest absolute Gasteiger partial charge is 0.493 e. The standard InChI is InChI=1S/C15H14F2N2O/c16-10-5-9(6-11(17)7-10)15(19-18)13-8-20-14-4-2-1-3-12(13)14/h1-7,13,15,19H,8,18H2. The van der Waals surface area contributed by atoms with Crippen LogP contribution in [-0.2, 0) is 0 Å². The fraction of sp³-hybridized carbons (Fsp3) is 0.200. The van der Waals surface area contributed by atoms with Gasteiger partial charge in [0, 0.05) is 17.5 Å². The van der Waals surface area contributed by atoms with Crippen LogP contribution in [-0.4, -0.2) is 6.61 Å². The maximum Gasteiger partial charge on any atom is 0.126 e. The summed E-state index contributed by atoms with van der Waals surface area (Å²) in [6, 6.07) is 10.6. The summed E-state index contributed by atoms with van der Waals surface area (Å²) in [5.74, 6) is 5.06. The maximum atomic E-state index is 13.4. The zero-order valence-electron chi connectivity index (χ0n) is 10.6. The van der Waals surface area contributed by atoms with Crippen LogP contribution in [0.1, 0.15) is 23.1 Å². The van der Waals surface area contributed by atoms with Crippen molar-refractivity contribution in [3.63, 3.8) is 0 Å². The first-order chi connectivity index (χ1) is 9.69. The molecule has 2 aromatic rings. The molecule has 3 rings (SSSR count). The molecule has 0 aromatic heterocycles. The minimum atomic E-state index is -0.618. The third-order valence-electron chi connectivity index (χ3n) is 3.56. The molecule has 20 heavy (non-hydrogen) atoms. The Morgan fingerprint density at radius 2 is 1.85 bits per heavy atom. The summed E-state index contributed by atoms with van der Waals surface area (Å²) in [5.41, 5.74) is 4.10. The average Bonchev–Trinajstić information content (AvgIpc) is 2.83. The Morgan fingerprint density at radius 3 is 2.55 bits per heavy atom. The molecule has 2 unspecified atom stereocenters. The van der Waals surface area contributed by atoms with Gasteiger partial charge in [-0.2, -0.15) is 0 Å². The van der Waals surface area contributed by atoms with Crippen LogP contribution in [0.4, 0.5) is 8.78 Å². The van der Waals surface area contributed by atoms with Crippen LogP contribution in [0, 0.1) is 11.6 Å². The fourth-order valence-electron chi connectivity index (χ4n) is 2.66. The first-order valence-electron chi connectivity index (χ1n) is 6.33. The van der Waals surface area contributed by atoms with E-state index in [9.17, 15) is 8.78 Å². The van der Waals surface area contributed by atoms with Crippen molar-refractivity contribution >= 4 is 0 Å². The number of rotatable bonds is 3. The van der Waals surface area contributed by atoms with Gasteiger partial charge in [0.25, 0.3) is 0 Å². The van der Waals surface area contributed by atoms with E-state index in [1.165, 1.54) is 12.1 Å². The van der Waals surface area contributed by atoms with E-state index in [2.05, 4.69) is 5.43 Å². The highest BCUT2D eigenvalue weighted by molar-refractivity contribution is 5.42. The lowest BCUT2D eigenvalue weighted by molar-refractivity contribution is 0.300. The molecule has 0 fully saturated rings. The van der Waals surface area contributed by atoms with Crippen molar-refractivity contribution in [1.82, 2.24) is 5.43 Å². The number of fused-ring (bicyclic) bond motifs is 1. The van der Waals surface area contributed by atoms with E-state index < -0.39 is 17.7 Å². The van der Waals surface area contributed by atoms with Gasteiger partial charge in [-0.05, 0) is 23.8 Å². The first-order valence-corrected chi connectivity index (χ1v) is 6.33. The van der Waals surface area contributed by atoms with E-state index in [-0.39, 0.29) is 5.92 Å². The van der Waals surface area contributed by atoms with E-state index in [4.69, 9.17) is 10.6 Å². The average molecular weight is 276 g/mol. The van der Waals surface area contributed by atoms with Crippen LogP contribution in [0.5, 0.6) is 5.75 Å². The minimum absolute atomic E-state index is 0.0857. The summed E-state index contributed by atoms with van der Waals surface area (Å²) in [6.07, 6.45) is 0. The number of para-hydroxylation sites is 1. The highest BCUT2D eigenvalue weighted by Gasteiger charge is 2.32. The lowest BCUT2D eigenvalue weighted by Crippen LogP contribution is -2.33. The van der Waals surface area contributed by atoms with Crippen molar-refractivity contribution in [1.29, 1.82) is 0 Å².